The Morgan fingerprint density at radius 3 is 1.12 bits per heavy atom. The van der Waals surface area contributed by atoms with Gasteiger partial charge in [0.05, 0.1) is 23.7 Å². The van der Waals surface area contributed by atoms with Crippen LogP contribution in [0.4, 0.5) is 0 Å². The van der Waals surface area contributed by atoms with E-state index in [0.29, 0.717) is 61.8 Å². The van der Waals surface area contributed by atoms with Gasteiger partial charge in [-0.15, -0.1) is 0 Å². The Balaban J connectivity index is 1.24. The molecule has 0 atom stereocenters. The van der Waals surface area contributed by atoms with Crippen LogP contribution in [0.5, 0.6) is 23.0 Å². The highest BCUT2D eigenvalue weighted by atomic mass is 16.5. The Kier molecular flexibility index (Phi) is 13.0. The van der Waals surface area contributed by atoms with E-state index in [4.69, 9.17) is 9.47 Å². The summed E-state index contributed by atoms with van der Waals surface area (Å²) in [6.07, 6.45) is 2.16. The number of para-hydroxylation sites is 2. The topological polar surface area (TPSA) is 134 Å². The molecule has 1 aliphatic carbocycles. The SMILES string of the molecule is CCCN(CCc1ccc(Oc2ccccc2)cc1)C(=O)C1C(C(=O)O)C(C(=O)N(CCC)CCc2ccc(Oc3ccccc3)cc2)C1C(=O)O. The average Bonchev–Trinajstić information content (AvgIpc) is 3.13. The molecule has 0 bridgehead atoms. The smallest absolute Gasteiger partial charge is 0.308 e. The fourth-order valence-electron chi connectivity index (χ4n) is 6.83. The molecule has 0 aliphatic heterocycles. The largest absolute Gasteiger partial charge is 0.481 e. The molecule has 0 aromatic heterocycles. The van der Waals surface area contributed by atoms with Crippen LogP contribution in [-0.2, 0) is 32.0 Å². The highest BCUT2D eigenvalue weighted by Gasteiger charge is 2.64. The molecule has 0 heterocycles. The molecule has 4 aromatic carbocycles. The molecule has 4 aromatic rings. The molecule has 0 radical (unpaired) electrons. The number of amides is 2. The number of carbonyl (C=O) groups is 4. The second-order valence-corrected chi connectivity index (χ2v) is 13.0. The molecule has 0 saturated heterocycles. The number of carboxylic acids is 2. The lowest BCUT2D eigenvalue weighted by molar-refractivity contribution is -0.187. The van der Waals surface area contributed by atoms with E-state index < -0.39 is 47.4 Å². The van der Waals surface area contributed by atoms with Gasteiger partial charge in [0.25, 0.3) is 0 Å². The number of rotatable bonds is 18. The maximum absolute atomic E-state index is 14.0. The van der Waals surface area contributed by atoms with Gasteiger partial charge in [-0.1, -0.05) is 74.5 Å². The molecule has 0 spiro atoms. The summed E-state index contributed by atoms with van der Waals surface area (Å²) in [5, 5.41) is 20.6. The molecule has 5 rings (SSSR count). The van der Waals surface area contributed by atoms with Crippen molar-refractivity contribution in [2.45, 2.75) is 39.5 Å². The van der Waals surface area contributed by atoms with Crippen LogP contribution in [0.25, 0.3) is 0 Å². The lowest BCUT2D eigenvalue weighted by atomic mass is 9.55. The first-order valence-electron chi connectivity index (χ1n) is 17.9. The van der Waals surface area contributed by atoms with Crippen molar-refractivity contribution in [3.8, 4) is 23.0 Å². The second-order valence-electron chi connectivity index (χ2n) is 13.0. The van der Waals surface area contributed by atoms with Crippen molar-refractivity contribution >= 4 is 23.8 Å². The highest BCUT2D eigenvalue weighted by Crippen LogP contribution is 2.49. The van der Waals surface area contributed by atoms with Crippen molar-refractivity contribution in [1.29, 1.82) is 0 Å². The van der Waals surface area contributed by atoms with E-state index in [1.165, 1.54) is 0 Å². The van der Waals surface area contributed by atoms with Crippen LogP contribution in [0.2, 0.25) is 0 Å². The highest BCUT2D eigenvalue weighted by molar-refractivity contribution is 5.99. The van der Waals surface area contributed by atoms with E-state index in [1.807, 2.05) is 123 Å². The van der Waals surface area contributed by atoms with Gasteiger partial charge >= 0.3 is 11.9 Å². The Morgan fingerprint density at radius 1 is 0.481 bits per heavy atom. The predicted octanol–water partition coefficient (Wildman–Crippen LogP) is 7.18. The fraction of sp³-hybridized carbons (Fsp3) is 0.333. The van der Waals surface area contributed by atoms with Crippen molar-refractivity contribution in [2.24, 2.45) is 23.7 Å². The van der Waals surface area contributed by atoms with Crippen molar-refractivity contribution in [2.75, 3.05) is 26.2 Å². The maximum Gasteiger partial charge on any atom is 0.308 e. The van der Waals surface area contributed by atoms with Crippen molar-refractivity contribution in [1.82, 2.24) is 9.80 Å². The molecule has 52 heavy (non-hydrogen) atoms. The van der Waals surface area contributed by atoms with Crippen LogP contribution in [0.1, 0.15) is 37.8 Å². The standard InChI is InChI=1S/C42H46N2O8/c1-3-25-43(27-23-29-15-19-33(20-16-29)51-31-11-7-5-8-12-31)39(45)35-37(41(47)48)36(38(35)42(49)50)40(46)44(26-4-2)28-24-30-17-21-34(22-18-30)52-32-13-9-6-10-14-32/h5-22,35-38H,3-4,23-28H2,1-2H3,(H,47,48)(H,49,50). The molecular formula is C42H46N2O8. The Bertz CT molecular complexity index is 1640. The number of aliphatic carboxylic acids is 2. The third-order valence-electron chi connectivity index (χ3n) is 9.44. The van der Waals surface area contributed by atoms with Crippen LogP contribution in [0.15, 0.2) is 109 Å². The zero-order valence-corrected chi connectivity index (χ0v) is 29.6. The summed E-state index contributed by atoms with van der Waals surface area (Å²) >= 11 is 0. The maximum atomic E-state index is 14.0. The summed E-state index contributed by atoms with van der Waals surface area (Å²) in [5.41, 5.74) is 1.88. The lowest BCUT2D eigenvalue weighted by Crippen LogP contribution is -2.64. The number of carboxylic acid groups (broad SMARTS) is 2. The molecule has 272 valence electrons. The number of ether oxygens (including phenoxy) is 2. The van der Waals surface area contributed by atoms with Gasteiger partial charge in [-0.05, 0) is 85.3 Å². The number of nitrogens with zero attached hydrogens (tertiary/aromatic N) is 2. The van der Waals surface area contributed by atoms with Gasteiger partial charge in [-0.3, -0.25) is 19.2 Å². The molecule has 10 nitrogen and oxygen atoms in total. The lowest BCUT2D eigenvalue weighted by Gasteiger charge is -2.48. The van der Waals surface area contributed by atoms with E-state index in [1.54, 1.807) is 9.80 Å². The molecule has 10 heteroatoms. The molecule has 1 aliphatic rings. The van der Waals surface area contributed by atoms with Gasteiger partial charge < -0.3 is 29.5 Å². The first-order valence-corrected chi connectivity index (χ1v) is 17.9. The average molecular weight is 707 g/mol. The van der Waals surface area contributed by atoms with Gasteiger partial charge in [0.15, 0.2) is 0 Å². The number of hydrogen-bond donors (Lipinski definition) is 2. The summed E-state index contributed by atoms with van der Waals surface area (Å²) in [4.78, 5) is 56.4. The van der Waals surface area contributed by atoms with Gasteiger partial charge in [-0.2, -0.15) is 0 Å². The minimum Gasteiger partial charge on any atom is -0.481 e. The normalized spacial score (nSPS) is 17.7. The van der Waals surface area contributed by atoms with Crippen LogP contribution in [-0.4, -0.2) is 69.9 Å². The molecule has 1 saturated carbocycles. The fourth-order valence-corrected chi connectivity index (χ4v) is 6.83. The molecule has 2 N–H and O–H groups in total. The van der Waals surface area contributed by atoms with Crippen LogP contribution < -0.4 is 9.47 Å². The summed E-state index contributed by atoms with van der Waals surface area (Å²) in [6.45, 7) is 5.02. The molecular weight excluding hydrogens is 660 g/mol. The minimum atomic E-state index is -1.44. The quantitative estimate of drug-likeness (QED) is 0.111. The van der Waals surface area contributed by atoms with Crippen molar-refractivity contribution < 1.29 is 38.9 Å². The van der Waals surface area contributed by atoms with Crippen LogP contribution in [0, 0.1) is 23.7 Å². The molecule has 1 fully saturated rings. The summed E-state index contributed by atoms with van der Waals surface area (Å²) in [6, 6.07) is 33.8. The van der Waals surface area contributed by atoms with Crippen molar-refractivity contribution in [3.63, 3.8) is 0 Å². The van der Waals surface area contributed by atoms with Gasteiger partial charge in [-0.25, -0.2) is 0 Å². The zero-order valence-electron chi connectivity index (χ0n) is 29.6. The Hall–Kier alpha value is -5.64. The first-order chi connectivity index (χ1) is 25.2. The van der Waals surface area contributed by atoms with E-state index in [-0.39, 0.29) is 13.1 Å². The van der Waals surface area contributed by atoms with Crippen LogP contribution in [0.3, 0.4) is 0 Å². The summed E-state index contributed by atoms with van der Waals surface area (Å²) < 4.78 is 11.7. The first kappa shape index (κ1) is 37.6. The van der Waals surface area contributed by atoms with E-state index in [9.17, 15) is 29.4 Å². The third-order valence-corrected chi connectivity index (χ3v) is 9.44. The monoisotopic (exact) mass is 706 g/mol. The predicted molar refractivity (Wildman–Crippen MR) is 196 cm³/mol. The third kappa shape index (κ3) is 9.37. The summed E-state index contributed by atoms with van der Waals surface area (Å²) in [5.74, 6) is -6.60. The van der Waals surface area contributed by atoms with Gasteiger partial charge in [0.2, 0.25) is 11.8 Å². The molecule has 0 unspecified atom stereocenters. The number of carbonyl (C=O) groups excluding carboxylic acids is 2. The second kappa shape index (κ2) is 18.0. The Labute approximate surface area is 304 Å². The number of hydrogen-bond acceptors (Lipinski definition) is 6. The van der Waals surface area contributed by atoms with Crippen LogP contribution >= 0.6 is 0 Å². The molecule has 2 amide bonds. The van der Waals surface area contributed by atoms with Crippen molar-refractivity contribution in [3.05, 3.63) is 120 Å². The van der Waals surface area contributed by atoms with Gasteiger partial charge in [0.1, 0.15) is 23.0 Å². The van der Waals surface area contributed by atoms with E-state index >= 15 is 0 Å². The number of benzene rings is 4. The minimum absolute atomic E-state index is 0.274. The van der Waals surface area contributed by atoms with E-state index in [2.05, 4.69) is 0 Å². The zero-order chi connectivity index (χ0) is 37.0. The Morgan fingerprint density at radius 2 is 0.808 bits per heavy atom. The van der Waals surface area contributed by atoms with E-state index in [0.717, 1.165) is 11.1 Å². The summed E-state index contributed by atoms with van der Waals surface area (Å²) in [7, 11) is 0. The van der Waals surface area contributed by atoms with Gasteiger partial charge in [0, 0.05) is 26.2 Å².